The number of hydrogen-bond donors (Lipinski definition) is 3. The topological polar surface area (TPSA) is 61.9 Å². The van der Waals surface area contributed by atoms with Crippen molar-refractivity contribution < 1.29 is 0 Å². The number of hydrogen-bond acceptors (Lipinski definition) is 2. The van der Waals surface area contributed by atoms with Gasteiger partial charge < -0.3 is 11.1 Å². The molecule has 0 fully saturated rings. The first-order valence-electron chi connectivity index (χ1n) is 5.28. The molecule has 1 aromatic rings. The van der Waals surface area contributed by atoms with Crippen LogP contribution in [-0.2, 0) is 0 Å². The Hall–Kier alpha value is -1.51. The Morgan fingerprint density at radius 3 is 2.60 bits per heavy atom. The van der Waals surface area contributed by atoms with Gasteiger partial charge >= 0.3 is 0 Å². The fourth-order valence-electron chi connectivity index (χ4n) is 1.49. The molecular formula is C12H19N3. The van der Waals surface area contributed by atoms with Gasteiger partial charge in [0.05, 0.1) is 0 Å². The number of nitrogen functional groups attached to an aromatic ring is 1. The van der Waals surface area contributed by atoms with E-state index in [1.165, 1.54) is 5.56 Å². The molecule has 0 atom stereocenters. The summed E-state index contributed by atoms with van der Waals surface area (Å²) in [5.74, 6) is 0.602. The minimum Gasteiger partial charge on any atom is -0.385 e. The van der Waals surface area contributed by atoms with E-state index < -0.39 is 0 Å². The highest BCUT2D eigenvalue weighted by molar-refractivity contribution is 6.00. The van der Waals surface area contributed by atoms with Crippen molar-refractivity contribution >= 4 is 11.5 Å². The van der Waals surface area contributed by atoms with E-state index in [0.717, 1.165) is 17.8 Å². The summed E-state index contributed by atoms with van der Waals surface area (Å²) in [6.07, 6.45) is 0. The Labute approximate surface area is 91.2 Å². The zero-order valence-corrected chi connectivity index (χ0v) is 9.59. The molecule has 0 aromatic heterocycles. The summed E-state index contributed by atoms with van der Waals surface area (Å²) in [6, 6.07) is 6.02. The number of rotatable bonds is 4. The summed E-state index contributed by atoms with van der Waals surface area (Å²) in [4.78, 5) is 0. The van der Waals surface area contributed by atoms with Crippen molar-refractivity contribution in [2.75, 3.05) is 11.9 Å². The molecule has 1 aromatic carbocycles. The third-order valence-electron chi connectivity index (χ3n) is 2.37. The molecule has 0 amide bonds. The maximum absolute atomic E-state index is 7.47. The normalized spacial score (nSPS) is 10.4. The smallest absolute Gasteiger partial charge is 0.124 e. The lowest BCUT2D eigenvalue weighted by Crippen LogP contribution is -2.14. The van der Waals surface area contributed by atoms with Crippen LogP contribution in [0, 0.1) is 5.41 Å². The summed E-state index contributed by atoms with van der Waals surface area (Å²) in [5, 5.41) is 10.7. The average molecular weight is 205 g/mol. The molecular weight excluding hydrogens is 186 g/mol. The van der Waals surface area contributed by atoms with Gasteiger partial charge in [-0.1, -0.05) is 19.9 Å². The van der Waals surface area contributed by atoms with Crippen molar-refractivity contribution in [3.63, 3.8) is 0 Å². The third-order valence-corrected chi connectivity index (χ3v) is 2.37. The highest BCUT2D eigenvalue weighted by Crippen LogP contribution is 2.22. The number of nitrogens with one attached hydrogen (secondary N) is 2. The van der Waals surface area contributed by atoms with E-state index in [9.17, 15) is 0 Å². The Balaban J connectivity index is 3.14. The molecule has 0 spiro atoms. The molecule has 0 radical (unpaired) electrons. The fraction of sp³-hybridized carbons (Fsp3) is 0.417. The lowest BCUT2D eigenvalue weighted by molar-refractivity contribution is 0.866. The van der Waals surface area contributed by atoms with Crippen LogP contribution in [0.2, 0.25) is 0 Å². The monoisotopic (exact) mass is 205 g/mol. The molecule has 0 aliphatic carbocycles. The van der Waals surface area contributed by atoms with Crippen LogP contribution in [0.25, 0.3) is 0 Å². The van der Waals surface area contributed by atoms with Crippen molar-refractivity contribution in [1.82, 2.24) is 0 Å². The van der Waals surface area contributed by atoms with Gasteiger partial charge in [-0.2, -0.15) is 0 Å². The second-order valence-corrected chi connectivity index (χ2v) is 3.90. The summed E-state index contributed by atoms with van der Waals surface area (Å²) in [6.45, 7) is 7.17. The number of anilines is 1. The number of nitrogens with two attached hydrogens (primary N) is 1. The van der Waals surface area contributed by atoms with Gasteiger partial charge in [0.2, 0.25) is 0 Å². The minimum absolute atomic E-state index is 0.112. The zero-order chi connectivity index (χ0) is 11.4. The van der Waals surface area contributed by atoms with Gasteiger partial charge in [0.15, 0.2) is 0 Å². The van der Waals surface area contributed by atoms with Crippen LogP contribution in [-0.4, -0.2) is 12.4 Å². The predicted octanol–water partition coefficient (Wildman–Crippen LogP) is 2.53. The largest absolute Gasteiger partial charge is 0.385 e. The van der Waals surface area contributed by atoms with Crippen molar-refractivity contribution in [2.45, 2.75) is 26.7 Å². The maximum Gasteiger partial charge on any atom is 0.124 e. The van der Waals surface area contributed by atoms with Crippen LogP contribution < -0.4 is 11.1 Å². The van der Waals surface area contributed by atoms with Crippen LogP contribution in [0.3, 0.4) is 0 Å². The first kappa shape index (κ1) is 11.6. The summed E-state index contributed by atoms with van der Waals surface area (Å²) < 4.78 is 0. The van der Waals surface area contributed by atoms with Gasteiger partial charge in [-0.25, -0.2) is 0 Å². The second kappa shape index (κ2) is 4.82. The van der Waals surface area contributed by atoms with Gasteiger partial charge in [-0.05, 0) is 30.5 Å². The van der Waals surface area contributed by atoms with Crippen molar-refractivity contribution in [1.29, 1.82) is 5.41 Å². The Bertz CT molecular complexity index is 356. The van der Waals surface area contributed by atoms with Crippen LogP contribution in [0.4, 0.5) is 5.69 Å². The molecule has 15 heavy (non-hydrogen) atoms. The van der Waals surface area contributed by atoms with Crippen molar-refractivity contribution in [3.8, 4) is 0 Å². The van der Waals surface area contributed by atoms with Crippen molar-refractivity contribution in [2.24, 2.45) is 5.73 Å². The molecule has 82 valence electrons. The van der Waals surface area contributed by atoms with E-state index in [4.69, 9.17) is 11.1 Å². The highest BCUT2D eigenvalue weighted by Gasteiger charge is 2.07. The first-order valence-corrected chi connectivity index (χ1v) is 5.28. The van der Waals surface area contributed by atoms with E-state index in [2.05, 4.69) is 25.2 Å². The number of amidine groups is 1. The van der Waals surface area contributed by atoms with Crippen molar-refractivity contribution in [3.05, 3.63) is 29.3 Å². The average Bonchev–Trinajstić information content (AvgIpc) is 2.17. The summed E-state index contributed by atoms with van der Waals surface area (Å²) >= 11 is 0. The molecule has 3 heteroatoms. The fourth-order valence-corrected chi connectivity index (χ4v) is 1.49. The molecule has 0 saturated carbocycles. The molecule has 0 heterocycles. The zero-order valence-electron chi connectivity index (χ0n) is 9.59. The Kier molecular flexibility index (Phi) is 3.72. The van der Waals surface area contributed by atoms with Gasteiger partial charge in [0.1, 0.15) is 5.84 Å². The lowest BCUT2D eigenvalue weighted by Gasteiger charge is -2.13. The molecule has 0 aliphatic rings. The maximum atomic E-state index is 7.47. The van der Waals surface area contributed by atoms with Gasteiger partial charge in [-0.15, -0.1) is 0 Å². The minimum atomic E-state index is 0.112. The molecule has 0 aliphatic heterocycles. The van der Waals surface area contributed by atoms with E-state index in [1.807, 2.05) is 19.1 Å². The van der Waals surface area contributed by atoms with Crippen LogP contribution in [0.5, 0.6) is 0 Å². The molecule has 1 rings (SSSR count). The van der Waals surface area contributed by atoms with Crippen LogP contribution in [0.15, 0.2) is 18.2 Å². The van der Waals surface area contributed by atoms with Gasteiger partial charge in [0.25, 0.3) is 0 Å². The molecule has 4 N–H and O–H groups in total. The lowest BCUT2D eigenvalue weighted by atomic mass is 10.00. The van der Waals surface area contributed by atoms with Crippen LogP contribution in [0.1, 0.15) is 37.8 Å². The SMILES string of the molecule is CCNc1cc(C(C)C)ccc1C(=N)N. The Morgan fingerprint density at radius 1 is 1.47 bits per heavy atom. The summed E-state index contributed by atoms with van der Waals surface area (Å²) in [5.41, 5.74) is 8.51. The quantitative estimate of drug-likeness (QED) is 0.522. The molecule has 0 bridgehead atoms. The molecule has 3 nitrogen and oxygen atoms in total. The highest BCUT2D eigenvalue weighted by atomic mass is 14.9. The number of benzene rings is 1. The standard InChI is InChI=1S/C12H19N3/c1-4-15-11-7-9(8(2)3)5-6-10(11)12(13)14/h5-8,15H,4H2,1-3H3,(H3,13,14). The summed E-state index contributed by atoms with van der Waals surface area (Å²) in [7, 11) is 0. The third kappa shape index (κ3) is 2.72. The van der Waals surface area contributed by atoms with Gasteiger partial charge in [0, 0.05) is 17.8 Å². The predicted molar refractivity (Wildman–Crippen MR) is 65.7 cm³/mol. The van der Waals surface area contributed by atoms with E-state index in [-0.39, 0.29) is 5.84 Å². The molecule has 0 unspecified atom stereocenters. The Morgan fingerprint density at radius 2 is 2.13 bits per heavy atom. The van der Waals surface area contributed by atoms with E-state index in [0.29, 0.717) is 5.92 Å². The van der Waals surface area contributed by atoms with Gasteiger partial charge in [-0.3, -0.25) is 5.41 Å². The molecule has 0 saturated heterocycles. The second-order valence-electron chi connectivity index (χ2n) is 3.90. The van der Waals surface area contributed by atoms with Crippen LogP contribution >= 0.6 is 0 Å². The van der Waals surface area contributed by atoms with E-state index in [1.54, 1.807) is 0 Å². The van der Waals surface area contributed by atoms with E-state index >= 15 is 0 Å². The first-order chi connectivity index (χ1) is 7.06.